The number of hydrogen-bond donors (Lipinski definition) is 4. The van der Waals surface area contributed by atoms with Crippen molar-refractivity contribution in [3.05, 3.63) is 36.4 Å². The molecule has 1 aliphatic rings. The van der Waals surface area contributed by atoms with Gasteiger partial charge in [0.15, 0.2) is 23.0 Å². The first-order chi connectivity index (χ1) is 22.3. The van der Waals surface area contributed by atoms with Gasteiger partial charge in [-0.05, 0) is 24.3 Å². The minimum absolute atomic E-state index is 0.155. The Balaban J connectivity index is 1.55. The van der Waals surface area contributed by atoms with Crippen LogP contribution in [0.2, 0.25) is 0 Å². The number of anilines is 2. The third-order valence-corrected chi connectivity index (χ3v) is 5.76. The number of hydrogen-bond acceptors (Lipinski definition) is 12. The highest BCUT2D eigenvalue weighted by atomic mass is 16.6. The molecular formula is C30H38N2O14. The van der Waals surface area contributed by atoms with E-state index in [2.05, 4.69) is 10.6 Å². The highest BCUT2D eigenvalue weighted by Gasteiger charge is 2.13. The molecule has 4 N–H and O–H groups in total. The van der Waals surface area contributed by atoms with Crippen molar-refractivity contribution in [3.8, 4) is 23.0 Å². The number of amides is 2. The van der Waals surface area contributed by atoms with Crippen LogP contribution >= 0.6 is 0 Å². The van der Waals surface area contributed by atoms with Gasteiger partial charge in [0.05, 0.1) is 52.9 Å². The minimum atomic E-state index is -1.24. The van der Waals surface area contributed by atoms with Crippen LogP contribution in [0.1, 0.15) is 12.8 Å². The molecule has 0 aromatic heterocycles. The SMILES string of the molecule is O=C(O)CC(=O)Nc1ccc2c(c1)OCCOCCOCCOc1cc(NC(=O)CC(=O)O)ccc1OCCOCCOCCO2. The summed E-state index contributed by atoms with van der Waals surface area (Å²) in [7, 11) is 0. The number of carboxylic acids is 2. The largest absolute Gasteiger partial charge is 0.487 e. The van der Waals surface area contributed by atoms with Gasteiger partial charge in [-0.2, -0.15) is 0 Å². The molecule has 16 nitrogen and oxygen atoms in total. The number of carbonyl (C=O) groups is 4. The van der Waals surface area contributed by atoms with Crippen LogP contribution in [0.25, 0.3) is 0 Å². The second-order valence-corrected chi connectivity index (χ2v) is 9.40. The second kappa shape index (κ2) is 20.4. The molecule has 0 fully saturated rings. The topological polar surface area (TPSA) is 207 Å². The van der Waals surface area contributed by atoms with E-state index >= 15 is 0 Å². The van der Waals surface area contributed by atoms with E-state index in [0.717, 1.165) is 0 Å². The molecule has 252 valence electrons. The van der Waals surface area contributed by atoms with Crippen LogP contribution in [0, 0.1) is 0 Å². The first-order valence-electron chi connectivity index (χ1n) is 14.4. The molecule has 0 radical (unpaired) electrons. The van der Waals surface area contributed by atoms with Crippen molar-refractivity contribution in [2.24, 2.45) is 0 Å². The quantitative estimate of drug-likeness (QED) is 0.329. The molecule has 16 heteroatoms. The molecule has 2 aromatic rings. The fourth-order valence-electron chi connectivity index (χ4n) is 3.81. The molecule has 0 spiro atoms. The van der Waals surface area contributed by atoms with E-state index in [-0.39, 0.29) is 66.1 Å². The van der Waals surface area contributed by atoms with Gasteiger partial charge in [-0.15, -0.1) is 0 Å². The maximum atomic E-state index is 11.9. The first-order valence-corrected chi connectivity index (χ1v) is 14.4. The van der Waals surface area contributed by atoms with E-state index in [1.165, 1.54) is 12.1 Å². The lowest BCUT2D eigenvalue weighted by Crippen LogP contribution is -2.17. The zero-order chi connectivity index (χ0) is 33.0. The highest BCUT2D eigenvalue weighted by Crippen LogP contribution is 2.32. The average Bonchev–Trinajstić information content (AvgIpc) is 2.99. The lowest BCUT2D eigenvalue weighted by Gasteiger charge is -2.16. The number of fused-ring (bicyclic) bond motifs is 2. The van der Waals surface area contributed by atoms with Gasteiger partial charge < -0.3 is 58.7 Å². The third-order valence-electron chi connectivity index (χ3n) is 5.76. The predicted octanol–water partition coefficient (Wildman–Crippen LogP) is 1.81. The van der Waals surface area contributed by atoms with Gasteiger partial charge in [0.25, 0.3) is 0 Å². The zero-order valence-electron chi connectivity index (χ0n) is 25.2. The molecule has 0 bridgehead atoms. The number of nitrogens with one attached hydrogen (secondary N) is 2. The molecule has 2 amide bonds. The van der Waals surface area contributed by atoms with Crippen molar-refractivity contribution >= 4 is 35.1 Å². The van der Waals surface area contributed by atoms with Crippen LogP contribution < -0.4 is 29.6 Å². The average molecular weight is 651 g/mol. The molecule has 0 aliphatic carbocycles. The number of benzene rings is 2. The number of carboxylic acid groups (broad SMARTS) is 2. The van der Waals surface area contributed by atoms with E-state index in [4.69, 9.17) is 48.1 Å². The van der Waals surface area contributed by atoms with E-state index in [1.807, 2.05) is 0 Å². The normalized spacial score (nSPS) is 15.8. The predicted molar refractivity (Wildman–Crippen MR) is 160 cm³/mol. The Morgan fingerprint density at radius 2 is 0.783 bits per heavy atom. The monoisotopic (exact) mass is 650 g/mol. The fraction of sp³-hybridized carbons (Fsp3) is 0.467. The molecule has 0 saturated carbocycles. The summed E-state index contributed by atoms with van der Waals surface area (Å²) in [6.45, 7) is 2.83. The van der Waals surface area contributed by atoms with Crippen molar-refractivity contribution < 1.29 is 67.3 Å². The van der Waals surface area contributed by atoms with E-state index < -0.39 is 36.6 Å². The fourth-order valence-corrected chi connectivity index (χ4v) is 3.81. The van der Waals surface area contributed by atoms with Crippen molar-refractivity contribution in [2.45, 2.75) is 12.8 Å². The van der Waals surface area contributed by atoms with Gasteiger partial charge in [0, 0.05) is 23.5 Å². The summed E-state index contributed by atoms with van der Waals surface area (Å²) in [6.07, 6.45) is -1.34. The number of ether oxygens (including phenoxy) is 8. The number of aliphatic carboxylic acids is 2. The van der Waals surface area contributed by atoms with Crippen LogP contribution in [0.4, 0.5) is 11.4 Å². The van der Waals surface area contributed by atoms with Gasteiger partial charge in [-0.25, -0.2) is 0 Å². The molecule has 0 atom stereocenters. The lowest BCUT2D eigenvalue weighted by atomic mass is 10.2. The van der Waals surface area contributed by atoms with Crippen LogP contribution in [-0.4, -0.2) is 113 Å². The van der Waals surface area contributed by atoms with Crippen molar-refractivity contribution in [1.82, 2.24) is 0 Å². The number of rotatable bonds is 6. The Bertz CT molecular complexity index is 1190. The van der Waals surface area contributed by atoms with Crippen LogP contribution in [0.5, 0.6) is 23.0 Å². The van der Waals surface area contributed by atoms with E-state index in [0.29, 0.717) is 47.6 Å². The Morgan fingerprint density at radius 1 is 0.478 bits per heavy atom. The summed E-state index contributed by atoms with van der Waals surface area (Å²) in [6, 6.07) is 9.41. The molecule has 1 aliphatic heterocycles. The van der Waals surface area contributed by atoms with Gasteiger partial charge in [0.2, 0.25) is 11.8 Å². The minimum Gasteiger partial charge on any atom is -0.487 e. The van der Waals surface area contributed by atoms with Crippen LogP contribution in [-0.2, 0) is 38.1 Å². The third kappa shape index (κ3) is 14.4. The summed E-state index contributed by atoms with van der Waals surface area (Å²) in [5.74, 6) is -2.38. The van der Waals surface area contributed by atoms with Crippen LogP contribution in [0.15, 0.2) is 36.4 Å². The van der Waals surface area contributed by atoms with Gasteiger partial charge in [0.1, 0.15) is 39.3 Å². The second-order valence-electron chi connectivity index (χ2n) is 9.40. The zero-order valence-corrected chi connectivity index (χ0v) is 25.2. The van der Waals surface area contributed by atoms with Crippen molar-refractivity contribution in [2.75, 3.05) is 89.9 Å². The summed E-state index contributed by atoms with van der Waals surface area (Å²) < 4.78 is 45.4. The smallest absolute Gasteiger partial charge is 0.312 e. The molecule has 0 saturated heterocycles. The molecule has 1 heterocycles. The Labute approximate surface area is 264 Å². The molecule has 46 heavy (non-hydrogen) atoms. The summed E-state index contributed by atoms with van der Waals surface area (Å²) in [5.41, 5.74) is 0.690. The Morgan fingerprint density at radius 3 is 1.11 bits per heavy atom. The summed E-state index contributed by atoms with van der Waals surface area (Å²) in [4.78, 5) is 45.4. The summed E-state index contributed by atoms with van der Waals surface area (Å²) >= 11 is 0. The van der Waals surface area contributed by atoms with Gasteiger partial charge in [-0.3, -0.25) is 19.2 Å². The maximum absolute atomic E-state index is 11.9. The molecule has 2 aromatic carbocycles. The molecular weight excluding hydrogens is 612 g/mol. The van der Waals surface area contributed by atoms with Crippen LogP contribution in [0.3, 0.4) is 0 Å². The standard InChI is InChI=1S/C30H38N2O14/c33-27(19-29(35)36)31-21-1-3-23-25(17-21)45-15-11-41-7-8-42-12-16-46-26-18-22(32-28(34)20-30(37)38)2-4-24(26)44-14-10-40-6-5-39-9-13-43-23/h1-4,17-18H,5-16,19-20H2,(H,31,33)(H,32,34)(H,35,36)(H,37,38). The molecule has 0 unspecified atom stereocenters. The number of carbonyl (C=O) groups excluding carboxylic acids is 2. The van der Waals surface area contributed by atoms with E-state index in [9.17, 15) is 19.2 Å². The maximum Gasteiger partial charge on any atom is 0.312 e. The van der Waals surface area contributed by atoms with E-state index in [1.54, 1.807) is 24.3 Å². The van der Waals surface area contributed by atoms with Gasteiger partial charge in [-0.1, -0.05) is 0 Å². The first kappa shape index (κ1) is 35.8. The van der Waals surface area contributed by atoms with Crippen molar-refractivity contribution in [1.29, 1.82) is 0 Å². The van der Waals surface area contributed by atoms with Gasteiger partial charge >= 0.3 is 11.9 Å². The lowest BCUT2D eigenvalue weighted by molar-refractivity contribution is -0.141. The Kier molecular flexibility index (Phi) is 15.9. The van der Waals surface area contributed by atoms with Crippen molar-refractivity contribution in [3.63, 3.8) is 0 Å². The molecule has 3 rings (SSSR count). The Hall–Kier alpha value is -4.64. The summed E-state index contributed by atoms with van der Waals surface area (Å²) in [5, 5.41) is 22.7. The highest BCUT2D eigenvalue weighted by molar-refractivity contribution is 6.02.